The van der Waals surface area contributed by atoms with Gasteiger partial charge in [0.15, 0.2) is 0 Å². The Hall–Kier alpha value is -3.22. The number of carbonyl (C=O) groups excluding carboxylic acids is 3. The molecule has 2 aromatic rings. The van der Waals surface area contributed by atoms with Gasteiger partial charge in [0.1, 0.15) is 6.61 Å². The molecular formula is C16H12O7. The van der Waals surface area contributed by atoms with Gasteiger partial charge in [-0.1, -0.05) is 30.3 Å². The van der Waals surface area contributed by atoms with Crippen LogP contribution in [-0.4, -0.2) is 24.6 Å². The number of methoxy groups -OCH3 is 1. The minimum Gasteiger partial charge on any atom is -0.481 e. The van der Waals surface area contributed by atoms with Gasteiger partial charge in [-0.2, -0.15) is 0 Å². The second-order valence-electron chi connectivity index (χ2n) is 4.37. The summed E-state index contributed by atoms with van der Waals surface area (Å²) in [5, 5.41) is 0. The van der Waals surface area contributed by atoms with E-state index in [-0.39, 0.29) is 6.61 Å². The molecular weight excluding hydrogens is 304 g/mol. The molecule has 0 aliphatic carbocycles. The predicted octanol–water partition coefficient (Wildman–Crippen LogP) is 1.14. The number of benzene rings is 1. The Bertz CT molecular complexity index is 790. The molecule has 0 aliphatic heterocycles. The van der Waals surface area contributed by atoms with Crippen molar-refractivity contribution in [1.82, 2.24) is 0 Å². The maximum atomic E-state index is 12.0. The smallest absolute Gasteiger partial charge is 0.383 e. The van der Waals surface area contributed by atoms with Gasteiger partial charge in [-0.05, 0) is 5.56 Å². The highest BCUT2D eigenvalue weighted by molar-refractivity contribution is 6.65. The highest BCUT2D eigenvalue weighted by atomic mass is 16.5. The van der Waals surface area contributed by atoms with Crippen molar-refractivity contribution in [3.05, 3.63) is 64.2 Å². The molecule has 0 amide bonds. The van der Waals surface area contributed by atoms with Crippen molar-refractivity contribution < 1.29 is 28.3 Å². The van der Waals surface area contributed by atoms with Crippen LogP contribution in [0.15, 0.2) is 51.9 Å². The average molecular weight is 316 g/mol. The molecule has 0 unspecified atom stereocenters. The van der Waals surface area contributed by atoms with E-state index in [0.717, 1.165) is 25.0 Å². The maximum absolute atomic E-state index is 12.0. The number of rotatable bonds is 6. The van der Waals surface area contributed by atoms with Crippen LogP contribution in [0, 0.1) is 0 Å². The molecule has 1 aromatic carbocycles. The molecule has 2 rings (SSSR count). The first-order valence-electron chi connectivity index (χ1n) is 6.50. The number of esters is 1. The van der Waals surface area contributed by atoms with E-state index in [1.165, 1.54) is 0 Å². The van der Waals surface area contributed by atoms with Gasteiger partial charge in [0.25, 0.3) is 5.78 Å². The zero-order valence-electron chi connectivity index (χ0n) is 12.1. The van der Waals surface area contributed by atoms with Crippen LogP contribution in [0.4, 0.5) is 0 Å². The van der Waals surface area contributed by atoms with Gasteiger partial charge in [-0.3, -0.25) is 14.4 Å². The monoisotopic (exact) mass is 316 g/mol. The summed E-state index contributed by atoms with van der Waals surface area (Å²) < 4.78 is 14.4. The van der Waals surface area contributed by atoms with E-state index < -0.39 is 34.5 Å². The lowest BCUT2D eigenvalue weighted by atomic mass is 10.2. The third-order valence-corrected chi connectivity index (χ3v) is 2.84. The van der Waals surface area contributed by atoms with E-state index in [4.69, 9.17) is 9.15 Å². The van der Waals surface area contributed by atoms with Crippen LogP contribution in [0.2, 0.25) is 0 Å². The number of hydrogen-bond donors (Lipinski definition) is 0. The van der Waals surface area contributed by atoms with Crippen LogP contribution in [0.25, 0.3) is 0 Å². The first kappa shape index (κ1) is 16.2. The van der Waals surface area contributed by atoms with Crippen LogP contribution in [0.1, 0.15) is 16.1 Å². The number of Topliss-reactive ketones (excluding diaryl/α,β-unsaturated/α-hetero) is 2. The fraction of sp³-hybridized carbons (Fsp3) is 0.125. The van der Waals surface area contributed by atoms with E-state index in [1.54, 1.807) is 24.3 Å². The molecule has 0 aliphatic rings. The molecule has 1 heterocycles. The third-order valence-electron chi connectivity index (χ3n) is 2.84. The zero-order chi connectivity index (χ0) is 16.8. The van der Waals surface area contributed by atoms with Gasteiger partial charge in [0.2, 0.25) is 16.9 Å². The van der Waals surface area contributed by atoms with E-state index in [9.17, 15) is 19.2 Å². The highest BCUT2D eigenvalue weighted by Crippen LogP contribution is 2.16. The fourth-order valence-electron chi connectivity index (χ4n) is 1.72. The number of ketones is 2. The van der Waals surface area contributed by atoms with Crippen molar-refractivity contribution in [2.45, 2.75) is 6.61 Å². The summed E-state index contributed by atoms with van der Waals surface area (Å²) >= 11 is 0. The van der Waals surface area contributed by atoms with Crippen molar-refractivity contribution >= 4 is 17.5 Å². The van der Waals surface area contributed by atoms with Crippen molar-refractivity contribution in [1.29, 1.82) is 0 Å². The lowest BCUT2D eigenvalue weighted by molar-refractivity contribution is -0.149. The molecule has 0 radical (unpaired) electrons. The molecule has 0 saturated heterocycles. The van der Waals surface area contributed by atoms with Gasteiger partial charge in [0, 0.05) is 6.07 Å². The second-order valence-corrected chi connectivity index (χ2v) is 4.37. The Balaban J connectivity index is 2.29. The standard InChI is InChI=1S/C16H12O7/c1-21-16(20)13(19)12(18)15-14(11(17)7-8-22-15)23-9-10-5-3-2-4-6-10/h2-8H,9H2,1H3. The Labute approximate surface area is 130 Å². The minimum absolute atomic E-state index is 0.0116. The first-order chi connectivity index (χ1) is 11.0. The van der Waals surface area contributed by atoms with E-state index in [0.29, 0.717) is 0 Å². The zero-order valence-corrected chi connectivity index (χ0v) is 12.1. The molecule has 0 N–H and O–H groups in total. The summed E-state index contributed by atoms with van der Waals surface area (Å²) in [6.07, 6.45) is 0.940. The number of carbonyl (C=O) groups is 3. The van der Waals surface area contributed by atoms with Crippen molar-refractivity contribution in [3.63, 3.8) is 0 Å². The van der Waals surface area contributed by atoms with Gasteiger partial charge < -0.3 is 13.9 Å². The largest absolute Gasteiger partial charge is 0.481 e. The predicted molar refractivity (Wildman–Crippen MR) is 77.1 cm³/mol. The van der Waals surface area contributed by atoms with Crippen molar-refractivity contribution in [2.24, 2.45) is 0 Å². The summed E-state index contributed by atoms with van der Waals surface area (Å²) in [7, 11) is 0.960. The lowest BCUT2D eigenvalue weighted by Crippen LogP contribution is -2.26. The molecule has 0 spiro atoms. The molecule has 0 bridgehead atoms. The van der Waals surface area contributed by atoms with Gasteiger partial charge in [0.05, 0.1) is 13.4 Å². The summed E-state index contributed by atoms with van der Waals surface area (Å²) in [5.74, 6) is -5.18. The fourth-order valence-corrected chi connectivity index (χ4v) is 1.72. The van der Waals surface area contributed by atoms with Crippen LogP contribution in [-0.2, 0) is 20.9 Å². The number of ether oxygens (including phenoxy) is 2. The highest BCUT2D eigenvalue weighted by Gasteiger charge is 2.31. The van der Waals surface area contributed by atoms with Crippen molar-refractivity contribution in [2.75, 3.05) is 7.11 Å². The summed E-state index contributed by atoms with van der Waals surface area (Å²) in [6, 6.07) is 9.92. The van der Waals surface area contributed by atoms with E-state index in [1.807, 2.05) is 6.07 Å². The summed E-state index contributed by atoms with van der Waals surface area (Å²) in [6.45, 7) is -0.0116. The molecule has 118 valence electrons. The molecule has 0 fully saturated rings. The third kappa shape index (κ3) is 3.70. The Kier molecular flexibility index (Phi) is 5.03. The molecule has 0 atom stereocenters. The molecule has 0 saturated carbocycles. The molecule has 23 heavy (non-hydrogen) atoms. The van der Waals surface area contributed by atoms with Crippen LogP contribution in [0.3, 0.4) is 0 Å². The van der Waals surface area contributed by atoms with Crippen LogP contribution < -0.4 is 10.2 Å². The SMILES string of the molecule is COC(=O)C(=O)C(=O)c1occc(=O)c1OCc1ccccc1. The topological polar surface area (TPSA) is 99.9 Å². The molecule has 7 nitrogen and oxygen atoms in total. The van der Waals surface area contributed by atoms with Crippen LogP contribution in [0.5, 0.6) is 5.75 Å². The van der Waals surface area contributed by atoms with Crippen LogP contribution >= 0.6 is 0 Å². The normalized spacial score (nSPS) is 9.96. The average Bonchev–Trinajstić information content (AvgIpc) is 2.59. The quantitative estimate of drug-likeness (QED) is 0.341. The Morgan fingerprint density at radius 3 is 2.43 bits per heavy atom. The van der Waals surface area contributed by atoms with E-state index >= 15 is 0 Å². The van der Waals surface area contributed by atoms with Gasteiger partial charge in [-0.25, -0.2) is 4.79 Å². The summed E-state index contributed by atoms with van der Waals surface area (Å²) in [5.41, 5.74) is 0.0987. The molecule has 7 heteroatoms. The maximum Gasteiger partial charge on any atom is 0.383 e. The van der Waals surface area contributed by atoms with E-state index in [2.05, 4.69) is 4.74 Å². The Morgan fingerprint density at radius 1 is 1.09 bits per heavy atom. The lowest BCUT2D eigenvalue weighted by Gasteiger charge is -2.08. The van der Waals surface area contributed by atoms with Gasteiger partial charge in [-0.15, -0.1) is 0 Å². The van der Waals surface area contributed by atoms with Gasteiger partial charge >= 0.3 is 11.8 Å². The summed E-state index contributed by atoms with van der Waals surface area (Å²) in [4.78, 5) is 46.5. The van der Waals surface area contributed by atoms with Crippen molar-refractivity contribution in [3.8, 4) is 5.75 Å². The Morgan fingerprint density at radius 2 is 1.78 bits per heavy atom. The second kappa shape index (κ2) is 7.17. The number of hydrogen-bond acceptors (Lipinski definition) is 7. The first-order valence-corrected chi connectivity index (χ1v) is 6.50. The minimum atomic E-state index is -1.45. The molecule has 1 aromatic heterocycles.